The number of thioether (sulfide) groups is 1. The fourth-order valence-corrected chi connectivity index (χ4v) is 4.44. The van der Waals surface area contributed by atoms with E-state index in [1.165, 1.54) is 12.8 Å². The molecular weight excluding hydrogens is 282 g/mol. The molecule has 3 nitrogen and oxygen atoms in total. The van der Waals surface area contributed by atoms with Crippen molar-refractivity contribution in [2.45, 2.75) is 41.2 Å². The third-order valence-corrected chi connectivity index (χ3v) is 5.76. The lowest BCUT2D eigenvalue weighted by atomic mass is 10.00. The minimum absolute atomic E-state index is 0.148. The number of carbonyl (C=O) groups is 2. The van der Waals surface area contributed by atoms with E-state index >= 15 is 0 Å². The van der Waals surface area contributed by atoms with Crippen LogP contribution in [0.1, 0.15) is 46.4 Å². The number of fused-ring (bicyclic) bond motifs is 1. The number of benzene rings is 1. The molecule has 19 heavy (non-hydrogen) atoms. The minimum atomic E-state index is -0.298. The molecule has 2 aliphatic rings. The molecule has 0 aromatic heterocycles. The molecule has 1 fully saturated rings. The van der Waals surface area contributed by atoms with Crippen LogP contribution in [0.2, 0.25) is 0 Å². The lowest BCUT2D eigenvalue weighted by molar-refractivity contribution is 0.0879. The summed E-state index contributed by atoms with van der Waals surface area (Å²) in [5.41, 5.74) is 1.00. The van der Waals surface area contributed by atoms with Gasteiger partial charge in [-0.25, -0.2) is 0 Å². The summed E-state index contributed by atoms with van der Waals surface area (Å²) in [6.07, 6.45) is 4.45. The van der Waals surface area contributed by atoms with Gasteiger partial charge in [0.15, 0.2) is 0 Å². The van der Waals surface area contributed by atoms with Crippen LogP contribution in [-0.4, -0.2) is 22.4 Å². The van der Waals surface area contributed by atoms with Gasteiger partial charge < -0.3 is 0 Å². The Morgan fingerprint density at radius 3 is 2.74 bits per heavy atom. The van der Waals surface area contributed by atoms with Crippen LogP contribution in [0.25, 0.3) is 0 Å². The van der Waals surface area contributed by atoms with E-state index in [1.54, 1.807) is 17.8 Å². The van der Waals surface area contributed by atoms with Crippen LogP contribution in [0, 0.1) is 0 Å². The van der Waals surface area contributed by atoms with Crippen LogP contribution < -0.4 is 5.32 Å². The summed E-state index contributed by atoms with van der Waals surface area (Å²) in [7, 11) is 0. The van der Waals surface area contributed by atoms with E-state index in [-0.39, 0.29) is 17.2 Å². The molecule has 0 spiro atoms. The molecule has 1 saturated carbocycles. The molecule has 1 aliphatic heterocycles. The van der Waals surface area contributed by atoms with Gasteiger partial charge in [-0.2, -0.15) is 0 Å². The lowest BCUT2D eigenvalue weighted by Crippen LogP contribution is -2.22. The van der Waals surface area contributed by atoms with Gasteiger partial charge in [-0.1, -0.05) is 18.9 Å². The maximum absolute atomic E-state index is 11.8. The highest BCUT2D eigenvalue weighted by atomic mass is 35.5. The zero-order chi connectivity index (χ0) is 13.4. The quantitative estimate of drug-likeness (QED) is 0.673. The maximum Gasteiger partial charge on any atom is 0.260 e. The summed E-state index contributed by atoms with van der Waals surface area (Å²) in [5, 5.41) is 2.82. The third kappa shape index (κ3) is 2.39. The number of hydrogen-bond acceptors (Lipinski definition) is 3. The summed E-state index contributed by atoms with van der Waals surface area (Å²) >= 11 is 8.00. The summed E-state index contributed by atoms with van der Waals surface area (Å²) in [5.74, 6) is -0.585. The number of halogens is 1. The second-order valence-corrected chi connectivity index (χ2v) is 6.76. The number of rotatable bonds is 2. The highest BCUT2D eigenvalue weighted by Crippen LogP contribution is 2.39. The Bertz CT molecular complexity index is 546. The van der Waals surface area contributed by atoms with Crippen LogP contribution in [0.3, 0.4) is 0 Å². The first kappa shape index (κ1) is 13.0. The average molecular weight is 296 g/mol. The predicted molar refractivity (Wildman–Crippen MR) is 76.0 cm³/mol. The first-order chi connectivity index (χ1) is 9.16. The van der Waals surface area contributed by atoms with Crippen molar-refractivity contribution in [2.24, 2.45) is 0 Å². The molecular formula is C14H14ClNO2S. The summed E-state index contributed by atoms with van der Waals surface area (Å²) in [6.45, 7) is 0. The van der Waals surface area contributed by atoms with Crippen molar-refractivity contribution >= 4 is 35.2 Å². The van der Waals surface area contributed by atoms with Crippen molar-refractivity contribution in [1.29, 1.82) is 0 Å². The predicted octanol–water partition coefficient (Wildman–Crippen LogP) is 3.21. The first-order valence-electron chi connectivity index (χ1n) is 6.46. The fraction of sp³-hybridized carbons (Fsp3) is 0.429. The highest BCUT2D eigenvalue weighted by Gasteiger charge is 2.32. The number of amides is 2. The third-order valence-electron chi connectivity index (χ3n) is 3.63. The standard InChI is InChI=1S/C14H14ClNO2S/c15-9-5-1-2-6-10(9)19-11-7-3-4-8-12(11)14(18)16-13(8)17/h3-4,7,9-10H,1-2,5-6H2,(H,16,17,18). The Hall–Kier alpha value is -1.00. The normalized spacial score (nSPS) is 26.2. The number of hydrogen-bond donors (Lipinski definition) is 1. The Morgan fingerprint density at radius 1 is 1.16 bits per heavy atom. The second-order valence-electron chi connectivity index (χ2n) is 4.92. The van der Waals surface area contributed by atoms with Gasteiger partial charge in [0, 0.05) is 15.5 Å². The van der Waals surface area contributed by atoms with Crippen molar-refractivity contribution < 1.29 is 9.59 Å². The second kappa shape index (κ2) is 5.17. The number of nitrogens with one attached hydrogen (secondary N) is 1. The summed E-state index contributed by atoms with van der Waals surface area (Å²) < 4.78 is 0. The maximum atomic E-state index is 11.8. The molecule has 0 saturated heterocycles. The minimum Gasteiger partial charge on any atom is -0.288 e. The largest absolute Gasteiger partial charge is 0.288 e. The van der Waals surface area contributed by atoms with E-state index in [0.717, 1.165) is 17.7 Å². The number of carbonyl (C=O) groups excluding carboxylic acids is 2. The molecule has 1 aromatic carbocycles. The van der Waals surface area contributed by atoms with Crippen LogP contribution in [0.4, 0.5) is 0 Å². The van der Waals surface area contributed by atoms with Gasteiger partial charge >= 0.3 is 0 Å². The van der Waals surface area contributed by atoms with Gasteiger partial charge in [-0.3, -0.25) is 14.9 Å². The SMILES string of the molecule is O=C1NC(=O)c2c(SC3CCCCC3Cl)cccc21. The number of imide groups is 1. The zero-order valence-corrected chi connectivity index (χ0v) is 11.9. The van der Waals surface area contributed by atoms with E-state index < -0.39 is 0 Å². The fourth-order valence-electron chi connectivity index (χ4n) is 2.63. The molecule has 0 radical (unpaired) electrons. The summed E-state index contributed by atoms with van der Waals surface area (Å²) in [6, 6.07) is 5.42. The Kier molecular flexibility index (Phi) is 3.54. The molecule has 3 rings (SSSR count). The topological polar surface area (TPSA) is 46.2 Å². The van der Waals surface area contributed by atoms with Crippen molar-refractivity contribution in [3.8, 4) is 0 Å². The van der Waals surface area contributed by atoms with Crippen LogP contribution in [0.5, 0.6) is 0 Å². The number of alkyl halides is 1. The van der Waals surface area contributed by atoms with E-state index in [4.69, 9.17) is 11.6 Å². The molecule has 1 aromatic rings. The molecule has 0 bridgehead atoms. The Balaban J connectivity index is 1.90. The van der Waals surface area contributed by atoms with Crippen LogP contribution in [-0.2, 0) is 0 Å². The van der Waals surface area contributed by atoms with E-state index in [1.807, 2.05) is 12.1 Å². The van der Waals surface area contributed by atoms with Crippen molar-refractivity contribution in [1.82, 2.24) is 5.32 Å². The molecule has 5 heteroatoms. The van der Waals surface area contributed by atoms with E-state index in [0.29, 0.717) is 16.4 Å². The van der Waals surface area contributed by atoms with Crippen molar-refractivity contribution in [2.75, 3.05) is 0 Å². The monoisotopic (exact) mass is 295 g/mol. The molecule has 1 N–H and O–H groups in total. The van der Waals surface area contributed by atoms with Gasteiger partial charge in [-0.05, 0) is 25.0 Å². The molecule has 2 amide bonds. The van der Waals surface area contributed by atoms with Crippen LogP contribution >= 0.6 is 23.4 Å². The van der Waals surface area contributed by atoms with Crippen LogP contribution in [0.15, 0.2) is 23.1 Å². The van der Waals surface area contributed by atoms with Crippen molar-refractivity contribution in [3.63, 3.8) is 0 Å². The molecule has 1 aliphatic carbocycles. The molecule has 2 atom stereocenters. The highest BCUT2D eigenvalue weighted by molar-refractivity contribution is 8.00. The summed E-state index contributed by atoms with van der Waals surface area (Å²) in [4.78, 5) is 24.3. The smallest absolute Gasteiger partial charge is 0.260 e. The first-order valence-corrected chi connectivity index (χ1v) is 7.78. The van der Waals surface area contributed by atoms with E-state index in [9.17, 15) is 9.59 Å². The van der Waals surface area contributed by atoms with E-state index in [2.05, 4.69) is 5.32 Å². The van der Waals surface area contributed by atoms with Gasteiger partial charge in [0.2, 0.25) is 0 Å². The van der Waals surface area contributed by atoms with Gasteiger partial charge in [0.1, 0.15) is 0 Å². The average Bonchev–Trinajstić information content (AvgIpc) is 2.69. The Labute approximate surface area is 121 Å². The molecule has 1 heterocycles. The molecule has 100 valence electrons. The zero-order valence-electron chi connectivity index (χ0n) is 10.3. The van der Waals surface area contributed by atoms with Gasteiger partial charge in [0.05, 0.1) is 11.1 Å². The Morgan fingerprint density at radius 2 is 1.95 bits per heavy atom. The van der Waals surface area contributed by atoms with Crippen molar-refractivity contribution in [3.05, 3.63) is 29.3 Å². The lowest BCUT2D eigenvalue weighted by Gasteiger charge is -2.26. The van der Waals surface area contributed by atoms with Gasteiger partial charge in [0.25, 0.3) is 11.8 Å². The van der Waals surface area contributed by atoms with Gasteiger partial charge in [-0.15, -0.1) is 23.4 Å². The molecule has 2 unspecified atom stereocenters.